The number of nitrogens with one attached hydrogen (secondary N) is 4. The molecule has 4 heterocycles. The average molecular weight is 325 g/mol. The molecule has 7 N–H and O–H groups in total. The van der Waals surface area contributed by atoms with Crippen LogP contribution in [-0.2, 0) is 14.3 Å². The van der Waals surface area contributed by atoms with E-state index >= 15 is 0 Å². The summed E-state index contributed by atoms with van der Waals surface area (Å²) >= 11 is 0. The standard InChI is InChI=1S/C14H23N5O4/c15-11-7(14(21)22)1-6-10(20)9-8(23-13(6)19-11)4-17-12(18-9)5-2-16-3-5/h5-9,11-13,16-19H,1-4,15H2,(H,21,22). The Hall–Kier alpha value is -1.10. The van der Waals surface area contributed by atoms with Gasteiger partial charge in [0, 0.05) is 25.6 Å². The second kappa shape index (κ2) is 5.76. The highest BCUT2D eigenvalue weighted by atomic mass is 16.5. The first-order valence-electron chi connectivity index (χ1n) is 8.18. The number of carboxylic acids is 1. The summed E-state index contributed by atoms with van der Waals surface area (Å²) in [5.41, 5.74) is 5.87. The molecule has 7 unspecified atom stereocenters. The molecule has 0 spiro atoms. The first kappa shape index (κ1) is 15.4. The summed E-state index contributed by atoms with van der Waals surface area (Å²) < 4.78 is 6.00. The lowest BCUT2D eigenvalue weighted by molar-refractivity contribution is -0.175. The molecule has 0 aromatic rings. The Morgan fingerprint density at radius 1 is 1.26 bits per heavy atom. The number of carbonyl (C=O) groups excluding carboxylic acids is 1. The molecule has 4 aliphatic rings. The lowest BCUT2D eigenvalue weighted by atomic mass is 9.78. The molecule has 9 nitrogen and oxygen atoms in total. The fraction of sp³-hybridized carbons (Fsp3) is 0.857. The van der Waals surface area contributed by atoms with Gasteiger partial charge in [0.2, 0.25) is 0 Å². The van der Waals surface area contributed by atoms with Crippen molar-refractivity contribution in [3.8, 4) is 0 Å². The predicted molar refractivity (Wildman–Crippen MR) is 79.1 cm³/mol. The van der Waals surface area contributed by atoms with Crippen molar-refractivity contribution in [1.29, 1.82) is 0 Å². The number of carbonyl (C=O) groups is 2. The van der Waals surface area contributed by atoms with Crippen LogP contribution in [0.3, 0.4) is 0 Å². The molecular weight excluding hydrogens is 302 g/mol. The van der Waals surface area contributed by atoms with Gasteiger partial charge in [0.15, 0.2) is 5.78 Å². The minimum atomic E-state index is -0.977. The molecule has 0 radical (unpaired) electrons. The van der Waals surface area contributed by atoms with Crippen LogP contribution in [0.25, 0.3) is 0 Å². The van der Waals surface area contributed by atoms with Crippen LogP contribution >= 0.6 is 0 Å². The number of nitrogens with two attached hydrogens (primary N) is 1. The van der Waals surface area contributed by atoms with Crippen molar-refractivity contribution in [2.75, 3.05) is 19.6 Å². The third-order valence-corrected chi connectivity index (χ3v) is 5.53. The topological polar surface area (TPSA) is 138 Å². The van der Waals surface area contributed by atoms with Crippen LogP contribution in [-0.4, -0.2) is 67.2 Å². The number of carboxylic acid groups (broad SMARTS) is 1. The molecule has 7 atom stereocenters. The van der Waals surface area contributed by atoms with E-state index in [1.165, 1.54) is 0 Å². The second-order valence-electron chi connectivity index (χ2n) is 6.93. The predicted octanol–water partition coefficient (Wildman–Crippen LogP) is -3.02. The molecule has 0 bridgehead atoms. The molecular formula is C14H23N5O4. The molecule has 4 rings (SSSR count). The van der Waals surface area contributed by atoms with Crippen LogP contribution in [0.5, 0.6) is 0 Å². The quantitative estimate of drug-likeness (QED) is 0.313. The van der Waals surface area contributed by atoms with Gasteiger partial charge in [-0.1, -0.05) is 0 Å². The maximum atomic E-state index is 12.9. The number of ketones is 1. The van der Waals surface area contributed by atoms with E-state index < -0.39 is 30.2 Å². The maximum absolute atomic E-state index is 12.9. The van der Waals surface area contributed by atoms with Gasteiger partial charge < -0.3 is 20.9 Å². The van der Waals surface area contributed by atoms with Gasteiger partial charge in [0.05, 0.1) is 36.3 Å². The van der Waals surface area contributed by atoms with Gasteiger partial charge in [-0.3, -0.25) is 25.5 Å². The molecule has 23 heavy (non-hydrogen) atoms. The zero-order valence-corrected chi connectivity index (χ0v) is 12.7. The number of hydrogen-bond donors (Lipinski definition) is 6. The summed E-state index contributed by atoms with van der Waals surface area (Å²) in [6.07, 6.45) is -1.14. The highest BCUT2D eigenvalue weighted by Gasteiger charge is 2.52. The molecule has 128 valence electrons. The van der Waals surface area contributed by atoms with Crippen molar-refractivity contribution in [3.05, 3.63) is 0 Å². The highest BCUT2D eigenvalue weighted by molar-refractivity contribution is 5.89. The highest BCUT2D eigenvalue weighted by Crippen LogP contribution is 2.33. The van der Waals surface area contributed by atoms with Crippen molar-refractivity contribution in [2.45, 2.75) is 37.1 Å². The third kappa shape index (κ3) is 2.57. The number of aliphatic carboxylic acids is 1. The number of rotatable bonds is 2. The van der Waals surface area contributed by atoms with Gasteiger partial charge in [-0.05, 0) is 6.42 Å². The van der Waals surface area contributed by atoms with Crippen LogP contribution < -0.4 is 27.0 Å². The van der Waals surface area contributed by atoms with E-state index in [0.29, 0.717) is 12.5 Å². The minimum absolute atomic E-state index is 0.0377. The molecule has 4 aliphatic heterocycles. The van der Waals surface area contributed by atoms with E-state index in [2.05, 4.69) is 21.3 Å². The molecule has 0 amide bonds. The van der Waals surface area contributed by atoms with Crippen LogP contribution in [0.15, 0.2) is 0 Å². The SMILES string of the molecule is NC1NC2OC3CNC(C4CNC4)NC3C(=O)C2CC1C(=O)O. The largest absolute Gasteiger partial charge is 0.481 e. The van der Waals surface area contributed by atoms with Gasteiger partial charge >= 0.3 is 5.97 Å². The molecule has 0 aromatic heterocycles. The molecule has 4 fully saturated rings. The monoisotopic (exact) mass is 325 g/mol. The fourth-order valence-electron chi connectivity index (χ4n) is 4.00. The maximum Gasteiger partial charge on any atom is 0.309 e. The number of hydrogen-bond acceptors (Lipinski definition) is 8. The summed E-state index contributed by atoms with van der Waals surface area (Å²) in [7, 11) is 0. The summed E-state index contributed by atoms with van der Waals surface area (Å²) in [5, 5.41) is 22.2. The number of piperidine rings is 1. The van der Waals surface area contributed by atoms with Crippen LogP contribution in [0.1, 0.15) is 6.42 Å². The van der Waals surface area contributed by atoms with E-state index in [1.807, 2.05) is 0 Å². The number of Topliss-reactive ketones (excluding diaryl/α,β-unsaturated/α-hetero) is 1. The number of ether oxygens (including phenoxy) is 1. The zero-order chi connectivity index (χ0) is 16.1. The third-order valence-electron chi connectivity index (χ3n) is 5.53. The Balaban J connectivity index is 1.49. The summed E-state index contributed by atoms with van der Waals surface area (Å²) in [4.78, 5) is 24.2. The van der Waals surface area contributed by atoms with Crippen LogP contribution in [0.4, 0.5) is 0 Å². The lowest BCUT2D eigenvalue weighted by Gasteiger charge is -2.50. The van der Waals surface area contributed by atoms with E-state index in [-0.39, 0.29) is 30.5 Å². The van der Waals surface area contributed by atoms with E-state index in [0.717, 1.165) is 13.1 Å². The minimum Gasteiger partial charge on any atom is -0.481 e. The summed E-state index contributed by atoms with van der Waals surface area (Å²) in [6, 6.07) is -0.381. The van der Waals surface area contributed by atoms with Crippen molar-refractivity contribution < 1.29 is 19.4 Å². The molecule has 0 aromatic carbocycles. The second-order valence-corrected chi connectivity index (χ2v) is 6.93. The molecule has 4 saturated heterocycles. The van der Waals surface area contributed by atoms with Crippen molar-refractivity contribution in [1.82, 2.24) is 21.3 Å². The molecule has 9 heteroatoms. The zero-order valence-electron chi connectivity index (χ0n) is 12.7. The summed E-state index contributed by atoms with van der Waals surface area (Å²) in [6.45, 7) is 2.47. The van der Waals surface area contributed by atoms with E-state index in [4.69, 9.17) is 10.5 Å². The van der Waals surface area contributed by atoms with Gasteiger partial charge in [-0.25, -0.2) is 0 Å². The van der Waals surface area contributed by atoms with Gasteiger partial charge in [0.1, 0.15) is 6.23 Å². The van der Waals surface area contributed by atoms with E-state index in [9.17, 15) is 14.7 Å². The summed E-state index contributed by atoms with van der Waals surface area (Å²) in [5.74, 6) is -1.71. The lowest BCUT2D eigenvalue weighted by Crippen LogP contribution is -2.75. The van der Waals surface area contributed by atoms with Gasteiger partial charge in [-0.2, -0.15) is 0 Å². The number of fused-ring (bicyclic) bond motifs is 2. The van der Waals surface area contributed by atoms with Crippen LogP contribution in [0, 0.1) is 17.8 Å². The van der Waals surface area contributed by atoms with Crippen LogP contribution in [0.2, 0.25) is 0 Å². The van der Waals surface area contributed by atoms with Gasteiger partial charge in [-0.15, -0.1) is 0 Å². The first-order chi connectivity index (χ1) is 11.0. The van der Waals surface area contributed by atoms with Gasteiger partial charge in [0.25, 0.3) is 0 Å². The van der Waals surface area contributed by atoms with Crippen molar-refractivity contribution >= 4 is 11.8 Å². The van der Waals surface area contributed by atoms with E-state index in [1.54, 1.807) is 0 Å². The molecule has 0 saturated carbocycles. The Labute approximate surface area is 133 Å². The van der Waals surface area contributed by atoms with Crippen molar-refractivity contribution in [2.24, 2.45) is 23.5 Å². The normalized spacial score (nSPS) is 47.3. The Bertz CT molecular complexity index is 513. The molecule has 0 aliphatic carbocycles. The Morgan fingerprint density at radius 2 is 2.04 bits per heavy atom. The Kier molecular flexibility index (Phi) is 3.87. The fourth-order valence-corrected chi connectivity index (χ4v) is 4.00. The average Bonchev–Trinajstić information content (AvgIpc) is 2.45. The van der Waals surface area contributed by atoms with Crippen molar-refractivity contribution in [3.63, 3.8) is 0 Å². The first-order valence-corrected chi connectivity index (χ1v) is 8.18. The smallest absolute Gasteiger partial charge is 0.309 e. The Morgan fingerprint density at radius 3 is 2.70 bits per heavy atom.